The number of fused-ring (bicyclic) bond motifs is 2. The number of amidine groups is 1. The standard InChI is InChI=1S/C18H20N5O7P/c1-9-3-2-4-10-6-27-31(26,30-15(9)10)28-7-12-11(24)5-13(29-12)23-8-20-14-16(23)21-18(19)22-17(14)25/h2-4,8,11-14,24H,5-7H2,1H3,(H2,19,22,25). The lowest BCUT2D eigenvalue weighted by Crippen LogP contribution is -2.50. The molecule has 1 amide bonds. The van der Waals surface area contributed by atoms with Crippen LogP contribution in [0.5, 0.6) is 5.75 Å². The average Bonchev–Trinajstić information content (AvgIpc) is 3.31. The summed E-state index contributed by atoms with van der Waals surface area (Å²) in [7, 11) is -3.87. The Kier molecular flexibility index (Phi) is 4.91. The zero-order valence-corrected chi connectivity index (χ0v) is 17.3. The minimum absolute atomic E-state index is 0.0878. The lowest BCUT2D eigenvalue weighted by Gasteiger charge is -2.28. The predicted molar refractivity (Wildman–Crippen MR) is 107 cm³/mol. The van der Waals surface area contributed by atoms with Crippen LogP contribution in [0.2, 0.25) is 0 Å². The number of amides is 1. The number of ether oxygens (including phenoxy) is 1. The molecule has 0 bridgehead atoms. The molecule has 13 heteroatoms. The number of guanidine groups is 1. The van der Waals surface area contributed by atoms with Gasteiger partial charge in [-0.25, -0.2) is 4.57 Å². The highest BCUT2D eigenvalue weighted by atomic mass is 31.2. The Balaban J connectivity index is 1.24. The number of aliphatic hydroxyl groups is 1. The van der Waals surface area contributed by atoms with Gasteiger partial charge in [-0.2, -0.15) is 4.99 Å². The van der Waals surface area contributed by atoms with E-state index in [0.29, 0.717) is 5.75 Å². The van der Waals surface area contributed by atoms with Gasteiger partial charge in [0.1, 0.15) is 18.1 Å². The Hall–Kier alpha value is -2.63. The van der Waals surface area contributed by atoms with Crippen LogP contribution in [0, 0.1) is 12.3 Å². The second-order valence-electron chi connectivity index (χ2n) is 7.49. The van der Waals surface area contributed by atoms with Crippen LogP contribution in [0.15, 0.2) is 28.2 Å². The van der Waals surface area contributed by atoms with E-state index in [1.54, 1.807) is 0 Å². The van der Waals surface area contributed by atoms with E-state index in [-0.39, 0.29) is 31.4 Å². The molecule has 0 saturated carbocycles. The summed E-state index contributed by atoms with van der Waals surface area (Å²) in [5.74, 6) is -0.0116. The van der Waals surface area contributed by atoms with Crippen molar-refractivity contribution in [3.05, 3.63) is 29.3 Å². The molecule has 4 aliphatic heterocycles. The molecule has 164 valence electrons. The topological polar surface area (TPSA) is 155 Å². The fourth-order valence-corrected chi connectivity index (χ4v) is 5.06. The molecule has 31 heavy (non-hydrogen) atoms. The average molecular weight is 449 g/mol. The number of rotatable bonds is 4. The molecule has 1 fully saturated rings. The van der Waals surface area contributed by atoms with Crippen LogP contribution in [0.3, 0.4) is 0 Å². The summed E-state index contributed by atoms with van der Waals surface area (Å²) >= 11 is 0. The van der Waals surface area contributed by atoms with E-state index in [1.165, 1.54) is 11.2 Å². The number of phosphoric acid groups is 1. The zero-order chi connectivity index (χ0) is 21.8. The smallest absolute Gasteiger partial charge is 0.403 e. The van der Waals surface area contributed by atoms with Crippen LogP contribution in [0.25, 0.3) is 0 Å². The summed E-state index contributed by atoms with van der Waals surface area (Å²) in [6.07, 6.45) is -0.843. The number of aliphatic imine (C=N–C) groups is 2. The summed E-state index contributed by atoms with van der Waals surface area (Å²) in [5.41, 5.74) is 1.59. The summed E-state index contributed by atoms with van der Waals surface area (Å²) in [5, 5.41) is 20.3. The lowest BCUT2D eigenvalue weighted by molar-refractivity contribution is -0.119. The first-order valence-electron chi connectivity index (χ1n) is 9.63. The van der Waals surface area contributed by atoms with Crippen LogP contribution in [-0.4, -0.2) is 65.1 Å². The number of aryl methyl sites for hydroxylation is 1. The van der Waals surface area contributed by atoms with Crippen molar-refractivity contribution in [2.45, 2.75) is 44.4 Å². The number of phosphoric ester groups is 1. The van der Waals surface area contributed by atoms with Gasteiger partial charge in [0, 0.05) is 12.0 Å². The van der Waals surface area contributed by atoms with Crippen molar-refractivity contribution < 1.29 is 32.8 Å². The Morgan fingerprint density at radius 2 is 2.29 bits per heavy atom. The van der Waals surface area contributed by atoms with E-state index < -0.39 is 38.2 Å². The fraction of sp³-hybridized carbons (Fsp3) is 0.444. The fourth-order valence-electron chi connectivity index (χ4n) is 3.77. The van der Waals surface area contributed by atoms with E-state index in [0.717, 1.165) is 11.1 Å². The summed E-state index contributed by atoms with van der Waals surface area (Å²) in [4.78, 5) is 21.6. The molecule has 5 unspecified atom stereocenters. The first-order valence-corrected chi connectivity index (χ1v) is 11.1. The molecule has 5 rings (SSSR count). The molecule has 1 aromatic carbocycles. The number of aliphatic hydroxyl groups excluding tert-OH is 1. The Morgan fingerprint density at radius 1 is 1.45 bits per heavy atom. The summed E-state index contributed by atoms with van der Waals surface area (Å²) < 4.78 is 35.0. The molecule has 0 aliphatic carbocycles. The maximum absolute atomic E-state index is 12.9. The van der Waals surface area contributed by atoms with Crippen LogP contribution in [0.4, 0.5) is 0 Å². The van der Waals surface area contributed by atoms with Gasteiger partial charge in [0.15, 0.2) is 11.9 Å². The normalized spacial score (nSPS) is 34.1. The quantitative estimate of drug-likeness (QED) is 0.567. The van der Waals surface area contributed by atoms with E-state index in [9.17, 15) is 14.5 Å². The van der Waals surface area contributed by atoms with E-state index in [4.69, 9.17) is 23.7 Å². The first-order chi connectivity index (χ1) is 14.8. The van der Waals surface area contributed by atoms with Crippen LogP contribution < -0.4 is 9.84 Å². The number of nitrogens with zero attached hydrogens (tertiary/aromatic N) is 3. The molecule has 12 nitrogen and oxygen atoms in total. The molecular weight excluding hydrogens is 429 g/mol. The van der Waals surface area contributed by atoms with Crippen LogP contribution >= 0.6 is 7.82 Å². The third kappa shape index (κ3) is 3.66. The molecule has 4 aliphatic rings. The lowest BCUT2D eigenvalue weighted by atomic mass is 10.1. The molecule has 0 radical (unpaired) electrons. The highest BCUT2D eigenvalue weighted by Crippen LogP contribution is 2.55. The molecule has 5 atom stereocenters. The van der Waals surface area contributed by atoms with Crippen molar-refractivity contribution in [2.75, 3.05) is 6.61 Å². The maximum atomic E-state index is 12.9. The second-order valence-corrected chi connectivity index (χ2v) is 9.08. The number of nitrogens with one attached hydrogen (secondary N) is 2. The number of hydrogen-bond acceptors (Lipinski definition) is 10. The van der Waals surface area contributed by atoms with Crippen molar-refractivity contribution in [3.63, 3.8) is 0 Å². The Labute approximate surface area is 177 Å². The van der Waals surface area contributed by atoms with Gasteiger partial charge in [-0.3, -0.25) is 34.5 Å². The van der Waals surface area contributed by atoms with Gasteiger partial charge in [0.2, 0.25) is 5.96 Å². The molecule has 0 spiro atoms. The molecule has 1 saturated heterocycles. The van der Waals surface area contributed by atoms with Gasteiger partial charge in [-0.15, -0.1) is 0 Å². The predicted octanol–water partition coefficient (Wildman–Crippen LogP) is 0.680. The third-order valence-corrected chi connectivity index (χ3v) is 6.67. The zero-order valence-electron chi connectivity index (χ0n) is 16.4. The first kappa shape index (κ1) is 20.3. The number of hydrogen-bond donors (Lipinski definition) is 3. The number of benzene rings is 1. The molecule has 3 N–H and O–H groups in total. The van der Waals surface area contributed by atoms with Gasteiger partial charge in [0.25, 0.3) is 5.91 Å². The number of para-hydroxylation sites is 1. The number of carbonyl (C=O) groups is 1. The van der Waals surface area contributed by atoms with Crippen molar-refractivity contribution in [1.82, 2.24) is 10.2 Å². The van der Waals surface area contributed by atoms with Gasteiger partial charge in [-0.1, -0.05) is 18.2 Å². The van der Waals surface area contributed by atoms with Crippen LogP contribution in [0.1, 0.15) is 17.5 Å². The van der Waals surface area contributed by atoms with Crippen LogP contribution in [-0.2, 0) is 29.8 Å². The summed E-state index contributed by atoms with van der Waals surface area (Å²) in [6, 6.07) is 4.66. The van der Waals surface area contributed by atoms with E-state index in [2.05, 4.69) is 15.3 Å². The van der Waals surface area contributed by atoms with Gasteiger partial charge in [0.05, 0.1) is 25.7 Å². The minimum Gasteiger partial charge on any atom is -0.403 e. The highest BCUT2D eigenvalue weighted by Gasteiger charge is 2.45. The molecular formula is C18H20N5O7P. The van der Waals surface area contributed by atoms with Crippen molar-refractivity contribution in [2.24, 2.45) is 9.98 Å². The van der Waals surface area contributed by atoms with E-state index in [1.807, 2.05) is 25.1 Å². The van der Waals surface area contributed by atoms with E-state index >= 15 is 0 Å². The second kappa shape index (κ2) is 7.50. The third-order valence-electron chi connectivity index (χ3n) is 5.35. The van der Waals surface area contributed by atoms with Crippen molar-refractivity contribution in [3.8, 4) is 5.75 Å². The van der Waals surface area contributed by atoms with Gasteiger partial charge >= 0.3 is 7.82 Å². The Bertz CT molecular complexity index is 1060. The summed E-state index contributed by atoms with van der Waals surface area (Å²) in [6.45, 7) is 1.69. The van der Waals surface area contributed by atoms with Gasteiger partial charge in [-0.05, 0) is 12.5 Å². The monoisotopic (exact) mass is 449 g/mol. The SMILES string of the molecule is Cc1cccc2c1OP(=O)(OCC1OC(N3C=NC4C(=O)NC(=N)N=C43)CC1O)OC2. The maximum Gasteiger partial charge on any atom is 0.530 e. The molecule has 4 heterocycles. The largest absolute Gasteiger partial charge is 0.530 e. The number of carbonyl (C=O) groups excluding carboxylic acids is 1. The molecule has 0 aromatic heterocycles. The minimum atomic E-state index is -3.87. The Morgan fingerprint density at radius 3 is 3.13 bits per heavy atom. The molecule has 1 aromatic rings. The van der Waals surface area contributed by atoms with Crippen molar-refractivity contribution in [1.29, 1.82) is 5.41 Å². The van der Waals surface area contributed by atoms with Gasteiger partial charge < -0.3 is 14.4 Å². The van der Waals surface area contributed by atoms with Crippen molar-refractivity contribution >= 4 is 31.9 Å². The highest BCUT2D eigenvalue weighted by molar-refractivity contribution is 7.49.